The molecule has 3 N–H and O–H groups in total. The topological polar surface area (TPSA) is 88.1 Å². The number of nitrogen functional groups attached to an aromatic ring is 1. The van der Waals surface area contributed by atoms with Crippen LogP contribution in [0.2, 0.25) is 0 Å². The van der Waals surface area contributed by atoms with Gasteiger partial charge in [-0.25, -0.2) is 0 Å². The number of hydrogen-bond acceptors (Lipinski definition) is 4. The van der Waals surface area contributed by atoms with E-state index in [-0.39, 0.29) is 5.91 Å². The highest BCUT2D eigenvalue weighted by Crippen LogP contribution is 2.21. The van der Waals surface area contributed by atoms with E-state index >= 15 is 0 Å². The molecule has 0 aromatic heterocycles. The maximum absolute atomic E-state index is 12.2. The van der Waals surface area contributed by atoms with Gasteiger partial charge in [0.05, 0.1) is 25.2 Å². The van der Waals surface area contributed by atoms with Crippen LogP contribution in [0.15, 0.2) is 42.5 Å². The minimum atomic E-state index is -0.289. The van der Waals surface area contributed by atoms with Gasteiger partial charge >= 0.3 is 0 Å². The minimum Gasteiger partial charge on any atom is -0.497 e. The number of rotatable bonds is 4. The second-order valence-electron chi connectivity index (χ2n) is 4.44. The average Bonchev–Trinajstić information content (AvgIpc) is 2.49. The van der Waals surface area contributed by atoms with Gasteiger partial charge in [-0.3, -0.25) is 4.79 Å². The van der Waals surface area contributed by atoms with Crippen LogP contribution >= 0.6 is 0 Å². The zero-order valence-corrected chi connectivity index (χ0v) is 11.6. The molecule has 2 aromatic rings. The summed E-state index contributed by atoms with van der Waals surface area (Å²) >= 11 is 0. The van der Waals surface area contributed by atoms with E-state index in [9.17, 15) is 4.79 Å². The van der Waals surface area contributed by atoms with Crippen LogP contribution in [0, 0.1) is 11.3 Å². The number of carbonyl (C=O) groups is 1. The Hall–Kier alpha value is -3.00. The molecule has 0 spiro atoms. The molecule has 1 amide bonds. The Morgan fingerprint density at radius 1 is 1.29 bits per heavy atom. The summed E-state index contributed by atoms with van der Waals surface area (Å²) < 4.78 is 5.05. The third-order valence-corrected chi connectivity index (χ3v) is 3.00. The van der Waals surface area contributed by atoms with Crippen molar-refractivity contribution in [2.75, 3.05) is 18.2 Å². The molecule has 0 unspecified atom stereocenters. The van der Waals surface area contributed by atoms with Gasteiger partial charge in [-0.15, -0.1) is 0 Å². The Balaban J connectivity index is 2.12. The normalized spacial score (nSPS) is 9.71. The van der Waals surface area contributed by atoms with Gasteiger partial charge in [0, 0.05) is 17.4 Å². The second kappa shape index (κ2) is 6.44. The standard InChI is InChI=1S/C16H15N3O2/c1-21-13-6-7-14(15(18)10-13)16(20)19-12-4-2-11(3-5-12)8-9-17/h2-7,10H,8,18H2,1H3,(H,19,20). The van der Waals surface area contributed by atoms with Gasteiger partial charge in [0.2, 0.25) is 0 Å². The van der Waals surface area contributed by atoms with Crippen LogP contribution in [-0.2, 0) is 6.42 Å². The molecule has 0 saturated heterocycles. The molecule has 0 saturated carbocycles. The fourth-order valence-electron chi connectivity index (χ4n) is 1.87. The summed E-state index contributed by atoms with van der Waals surface area (Å²) in [5.41, 5.74) is 8.13. The fourth-order valence-corrected chi connectivity index (χ4v) is 1.87. The highest BCUT2D eigenvalue weighted by atomic mass is 16.5. The van der Waals surface area contributed by atoms with Crippen LogP contribution in [0.1, 0.15) is 15.9 Å². The fraction of sp³-hybridized carbons (Fsp3) is 0.125. The van der Waals surface area contributed by atoms with E-state index in [4.69, 9.17) is 15.7 Å². The lowest BCUT2D eigenvalue weighted by atomic mass is 10.1. The van der Waals surface area contributed by atoms with Crippen molar-refractivity contribution in [3.05, 3.63) is 53.6 Å². The third kappa shape index (κ3) is 3.51. The van der Waals surface area contributed by atoms with E-state index in [1.165, 1.54) is 7.11 Å². The summed E-state index contributed by atoms with van der Waals surface area (Å²) in [5.74, 6) is 0.313. The molecule has 21 heavy (non-hydrogen) atoms. The first-order valence-corrected chi connectivity index (χ1v) is 6.35. The number of ether oxygens (including phenoxy) is 1. The van der Waals surface area contributed by atoms with Crippen molar-refractivity contribution in [3.63, 3.8) is 0 Å². The largest absolute Gasteiger partial charge is 0.497 e. The highest BCUT2D eigenvalue weighted by molar-refractivity contribution is 6.07. The van der Waals surface area contributed by atoms with Crippen LogP contribution in [0.25, 0.3) is 0 Å². The molecule has 106 valence electrons. The SMILES string of the molecule is COc1ccc(C(=O)Nc2ccc(CC#N)cc2)c(N)c1. The number of nitrogens with one attached hydrogen (secondary N) is 1. The molecule has 2 rings (SSSR count). The number of carbonyl (C=O) groups excluding carboxylic acids is 1. The van der Waals surface area contributed by atoms with Crippen LogP contribution in [-0.4, -0.2) is 13.0 Å². The maximum atomic E-state index is 12.2. The second-order valence-corrected chi connectivity index (χ2v) is 4.44. The van der Waals surface area contributed by atoms with Gasteiger partial charge in [-0.05, 0) is 29.8 Å². The van der Waals surface area contributed by atoms with Gasteiger partial charge in [-0.1, -0.05) is 12.1 Å². The monoisotopic (exact) mass is 281 g/mol. The van der Waals surface area contributed by atoms with Crippen molar-refractivity contribution in [2.45, 2.75) is 6.42 Å². The summed E-state index contributed by atoms with van der Waals surface area (Å²) in [4.78, 5) is 12.2. The Morgan fingerprint density at radius 2 is 2.00 bits per heavy atom. The average molecular weight is 281 g/mol. The van der Waals surface area contributed by atoms with Crippen LogP contribution < -0.4 is 15.8 Å². The number of nitrogens with two attached hydrogens (primary N) is 1. The lowest BCUT2D eigenvalue weighted by molar-refractivity contribution is 0.102. The summed E-state index contributed by atoms with van der Waals surface area (Å²) in [6.45, 7) is 0. The molecule has 0 atom stereocenters. The molecule has 0 heterocycles. The van der Waals surface area contributed by atoms with E-state index in [0.29, 0.717) is 29.1 Å². The number of nitriles is 1. The molecule has 0 aliphatic carbocycles. The van der Waals surface area contributed by atoms with Crippen molar-refractivity contribution >= 4 is 17.3 Å². The summed E-state index contributed by atoms with van der Waals surface area (Å²) in [6.07, 6.45) is 0.347. The summed E-state index contributed by atoms with van der Waals surface area (Å²) in [5, 5.41) is 11.4. The van der Waals surface area contributed by atoms with E-state index in [1.807, 2.05) is 0 Å². The van der Waals surface area contributed by atoms with Crippen LogP contribution in [0.3, 0.4) is 0 Å². The zero-order valence-electron chi connectivity index (χ0n) is 11.6. The summed E-state index contributed by atoms with van der Waals surface area (Å²) in [6, 6.07) is 14.1. The number of methoxy groups -OCH3 is 1. The Labute approximate surface area is 123 Å². The smallest absolute Gasteiger partial charge is 0.257 e. The predicted octanol–water partition coefficient (Wildman–Crippen LogP) is 2.60. The quantitative estimate of drug-likeness (QED) is 0.843. The molecule has 5 heteroatoms. The predicted molar refractivity (Wildman–Crippen MR) is 81.1 cm³/mol. The first kappa shape index (κ1) is 14.4. The number of benzene rings is 2. The van der Waals surface area contributed by atoms with Crippen LogP contribution in [0.4, 0.5) is 11.4 Å². The summed E-state index contributed by atoms with van der Waals surface area (Å²) in [7, 11) is 1.54. The number of hydrogen-bond donors (Lipinski definition) is 2. The lowest BCUT2D eigenvalue weighted by Crippen LogP contribution is -2.14. The molecule has 0 fully saturated rings. The molecule has 5 nitrogen and oxygen atoms in total. The first-order chi connectivity index (χ1) is 10.1. The van der Waals surface area contributed by atoms with Gasteiger partial charge in [-0.2, -0.15) is 5.26 Å². The molecule has 0 radical (unpaired) electrons. The van der Waals surface area contributed by atoms with E-state index in [2.05, 4.69) is 11.4 Å². The van der Waals surface area contributed by atoms with E-state index in [1.54, 1.807) is 42.5 Å². The molecular weight excluding hydrogens is 266 g/mol. The lowest BCUT2D eigenvalue weighted by Gasteiger charge is -2.09. The Morgan fingerprint density at radius 3 is 2.57 bits per heavy atom. The molecule has 2 aromatic carbocycles. The van der Waals surface area contributed by atoms with Crippen molar-refractivity contribution in [1.29, 1.82) is 5.26 Å². The maximum Gasteiger partial charge on any atom is 0.257 e. The number of anilines is 2. The Kier molecular flexibility index (Phi) is 4.42. The highest BCUT2D eigenvalue weighted by Gasteiger charge is 2.10. The van der Waals surface area contributed by atoms with Gasteiger partial charge in [0.1, 0.15) is 5.75 Å². The van der Waals surface area contributed by atoms with Gasteiger partial charge in [0.25, 0.3) is 5.91 Å². The van der Waals surface area contributed by atoms with Gasteiger partial charge in [0.15, 0.2) is 0 Å². The van der Waals surface area contributed by atoms with Crippen molar-refractivity contribution in [2.24, 2.45) is 0 Å². The number of nitrogens with zero attached hydrogens (tertiary/aromatic N) is 1. The van der Waals surface area contributed by atoms with E-state index < -0.39 is 0 Å². The van der Waals surface area contributed by atoms with Crippen molar-refractivity contribution in [1.82, 2.24) is 0 Å². The van der Waals surface area contributed by atoms with E-state index in [0.717, 1.165) is 5.56 Å². The minimum absolute atomic E-state index is 0.289. The third-order valence-electron chi connectivity index (χ3n) is 3.00. The van der Waals surface area contributed by atoms with Crippen LogP contribution in [0.5, 0.6) is 5.75 Å². The molecule has 0 aliphatic rings. The molecular formula is C16H15N3O2. The first-order valence-electron chi connectivity index (χ1n) is 6.35. The molecule has 0 aliphatic heterocycles. The Bertz CT molecular complexity index is 688. The zero-order chi connectivity index (χ0) is 15.2. The molecule has 0 bridgehead atoms. The van der Waals surface area contributed by atoms with Gasteiger partial charge < -0.3 is 15.8 Å². The number of amides is 1. The van der Waals surface area contributed by atoms with Crippen molar-refractivity contribution < 1.29 is 9.53 Å². The van der Waals surface area contributed by atoms with Crippen molar-refractivity contribution in [3.8, 4) is 11.8 Å².